The molecular formula is C9H11O3PS. The Kier molecular flexibility index (Phi) is 3.19. The molecule has 1 fully saturated rings. The van der Waals surface area contributed by atoms with Crippen LogP contribution >= 0.6 is 6.72 Å². The first-order chi connectivity index (χ1) is 6.79. The van der Waals surface area contributed by atoms with Crippen LogP contribution in [0.2, 0.25) is 0 Å². The summed E-state index contributed by atoms with van der Waals surface area (Å²) in [6.07, 6.45) is 0.885. The highest BCUT2D eigenvalue weighted by molar-refractivity contribution is 8.07. The van der Waals surface area contributed by atoms with Gasteiger partial charge in [0.1, 0.15) is 5.75 Å². The highest BCUT2D eigenvalue weighted by atomic mass is 32.5. The van der Waals surface area contributed by atoms with Crippen LogP contribution in [0.25, 0.3) is 0 Å². The highest BCUT2D eigenvalue weighted by Crippen LogP contribution is 2.51. The highest BCUT2D eigenvalue weighted by Gasteiger charge is 2.25. The van der Waals surface area contributed by atoms with Gasteiger partial charge in [0.15, 0.2) is 0 Å². The Bertz CT molecular complexity index is 331. The maximum Gasteiger partial charge on any atom is 0.380 e. The molecule has 76 valence electrons. The van der Waals surface area contributed by atoms with Crippen molar-refractivity contribution >= 4 is 18.5 Å². The molecule has 0 unspecified atom stereocenters. The van der Waals surface area contributed by atoms with E-state index < -0.39 is 6.72 Å². The molecule has 0 aliphatic carbocycles. The Morgan fingerprint density at radius 2 is 1.79 bits per heavy atom. The van der Waals surface area contributed by atoms with Gasteiger partial charge in [0.05, 0.1) is 13.2 Å². The Hall–Kier alpha value is -0.410. The van der Waals surface area contributed by atoms with Crippen LogP contribution in [0.4, 0.5) is 0 Å². The van der Waals surface area contributed by atoms with Crippen molar-refractivity contribution in [3.8, 4) is 5.75 Å². The summed E-state index contributed by atoms with van der Waals surface area (Å²) in [7, 11) is 0. The minimum absolute atomic E-state index is 0.629. The summed E-state index contributed by atoms with van der Waals surface area (Å²) in [4.78, 5) is 0. The molecule has 3 nitrogen and oxygen atoms in total. The minimum atomic E-state index is -2.50. The van der Waals surface area contributed by atoms with Crippen LogP contribution in [0.15, 0.2) is 30.3 Å². The monoisotopic (exact) mass is 230 g/mol. The number of rotatable bonds is 2. The fourth-order valence-corrected chi connectivity index (χ4v) is 3.08. The van der Waals surface area contributed by atoms with E-state index in [9.17, 15) is 0 Å². The third kappa shape index (κ3) is 2.55. The summed E-state index contributed by atoms with van der Waals surface area (Å²) >= 11 is 5.18. The van der Waals surface area contributed by atoms with Gasteiger partial charge in [-0.3, -0.25) is 9.05 Å². The summed E-state index contributed by atoms with van der Waals surface area (Å²) in [5, 5.41) is 0. The molecule has 0 bridgehead atoms. The first kappa shape index (κ1) is 10.1. The zero-order chi connectivity index (χ0) is 9.86. The van der Waals surface area contributed by atoms with Crippen molar-refractivity contribution < 1.29 is 13.6 Å². The average Bonchev–Trinajstić information content (AvgIpc) is 2.19. The number of benzene rings is 1. The smallest absolute Gasteiger partial charge is 0.380 e. The molecule has 14 heavy (non-hydrogen) atoms. The van der Waals surface area contributed by atoms with Crippen LogP contribution in [0.5, 0.6) is 5.75 Å². The van der Waals surface area contributed by atoms with Crippen LogP contribution in [-0.2, 0) is 20.9 Å². The molecule has 0 spiro atoms. The second-order valence-electron chi connectivity index (χ2n) is 2.87. The molecule has 1 heterocycles. The Balaban J connectivity index is 2.06. The lowest BCUT2D eigenvalue weighted by Crippen LogP contribution is -2.11. The molecule has 0 N–H and O–H groups in total. The average molecular weight is 230 g/mol. The molecule has 2 rings (SSSR count). The van der Waals surface area contributed by atoms with E-state index >= 15 is 0 Å². The van der Waals surface area contributed by atoms with Gasteiger partial charge in [-0.25, -0.2) is 0 Å². The quantitative estimate of drug-likeness (QED) is 0.730. The predicted octanol–water partition coefficient (Wildman–Crippen LogP) is 2.73. The third-order valence-electron chi connectivity index (χ3n) is 1.75. The lowest BCUT2D eigenvalue weighted by Gasteiger charge is -2.25. The largest absolute Gasteiger partial charge is 0.424 e. The Morgan fingerprint density at radius 3 is 2.43 bits per heavy atom. The van der Waals surface area contributed by atoms with Crippen LogP contribution < -0.4 is 4.52 Å². The van der Waals surface area contributed by atoms with Crippen molar-refractivity contribution in [2.75, 3.05) is 13.2 Å². The summed E-state index contributed by atoms with van der Waals surface area (Å²) in [6.45, 7) is -1.24. The fraction of sp³-hybridized carbons (Fsp3) is 0.333. The van der Waals surface area contributed by atoms with Gasteiger partial charge in [0.25, 0.3) is 0 Å². The van der Waals surface area contributed by atoms with Gasteiger partial charge in [0, 0.05) is 11.8 Å². The van der Waals surface area contributed by atoms with Crippen molar-refractivity contribution in [3.63, 3.8) is 0 Å². The molecule has 1 saturated heterocycles. The molecular weight excluding hydrogens is 219 g/mol. The van der Waals surface area contributed by atoms with Crippen molar-refractivity contribution in [2.45, 2.75) is 6.42 Å². The molecule has 1 aliphatic rings. The first-order valence-corrected chi connectivity index (χ1v) is 6.98. The van der Waals surface area contributed by atoms with E-state index in [4.69, 9.17) is 25.4 Å². The molecule has 1 aromatic rings. The normalized spacial score (nSPS) is 20.3. The van der Waals surface area contributed by atoms with Gasteiger partial charge < -0.3 is 4.52 Å². The topological polar surface area (TPSA) is 27.7 Å². The molecule has 1 aromatic carbocycles. The first-order valence-electron chi connectivity index (χ1n) is 4.42. The summed E-state index contributed by atoms with van der Waals surface area (Å²) < 4.78 is 16.2. The van der Waals surface area contributed by atoms with Crippen LogP contribution in [0.3, 0.4) is 0 Å². The lowest BCUT2D eigenvalue weighted by molar-refractivity contribution is 0.144. The molecule has 5 heteroatoms. The summed E-state index contributed by atoms with van der Waals surface area (Å²) in [6, 6.07) is 9.39. The molecule has 0 aromatic heterocycles. The molecule has 1 aliphatic heterocycles. The molecule has 0 amide bonds. The Morgan fingerprint density at radius 1 is 1.14 bits per heavy atom. The second-order valence-corrected chi connectivity index (χ2v) is 5.81. The minimum Gasteiger partial charge on any atom is -0.424 e. The SMILES string of the molecule is S=P1(Oc2ccccc2)OCCCO1. The van der Waals surface area contributed by atoms with Gasteiger partial charge in [-0.2, -0.15) is 0 Å². The Labute approximate surface area is 88.2 Å². The van der Waals surface area contributed by atoms with Gasteiger partial charge >= 0.3 is 6.72 Å². The van der Waals surface area contributed by atoms with E-state index in [-0.39, 0.29) is 0 Å². The fourth-order valence-electron chi connectivity index (χ4n) is 1.11. The van der Waals surface area contributed by atoms with Crippen molar-refractivity contribution in [1.82, 2.24) is 0 Å². The van der Waals surface area contributed by atoms with Crippen LogP contribution in [0, 0.1) is 0 Å². The van der Waals surface area contributed by atoms with Gasteiger partial charge in [-0.15, -0.1) is 0 Å². The van der Waals surface area contributed by atoms with E-state index in [2.05, 4.69) is 0 Å². The number of hydrogen-bond donors (Lipinski definition) is 0. The van der Waals surface area contributed by atoms with E-state index in [0.717, 1.165) is 6.42 Å². The van der Waals surface area contributed by atoms with Crippen molar-refractivity contribution in [3.05, 3.63) is 30.3 Å². The number of para-hydroxylation sites is 1. The summed E-state index contributed by atoms with van der Waals surface area (Å²) in [5.74, 6) is 0.706. The van der Waals surface area contributed by atoms with Crippen molar-refractivity contribution in [1.29, 1.82) is 0 Å². The molecule has 0 radical (unpaired) electrons. The second kappa shape index (κ2) is 4.41. The predicted molar refractivity (Wildman–Crippen MR) is 57.9 cm³/mol. The van der Waals surface area contributed by atoms with E-state index in [1.165, 1.54) is 0 Å². The van der Waals surface area contributed by atoms with Crippen LogP contribution in [0.1, 0.15) is 6.42 Å². The zero-order valence-electron chi connectivity index (χ0n) is 7.59. The number of hydrogen-bond acceptors (Lipinski definition) is 4. The third-order valence-corrected chi connectivity index (χ3v) is 4.04. The van der Waals surface area contributed by atoms with E-state index in [0.29, 0.717) is 19.0 Å². The van der Waals surface area contributed by atoms with E-state index in [1.54, 1.807) is 0 Å². The molecule has 0 saturated carbocycles. The van der Waals surface area contributed by atoms with Gasteiger partial charge in [-0.05, 0) is 18.6 Å². The zero-order valence-corrected chi connectivity index (χ0v) is 9.30. The maximum atomic E-state index is 5.52. The standard InChI is InChI=1S/C9H11O3PS/c14-13(10-7-4-8-11-13)12-9-5-2-1-3-6-9/h1-3,5-6H,4,7-8H2. The van der Waals surface area contributed by atoms with Crippen LogP contribution in [-0.4, -0.2) is 13.2 Å². The maximum absolute atomic E-state index is 5.52. The summed E-state index contributed by atoms with van der Waals surface area (Å²) in [5.41, 5.74) is 0. The lowest BCUT2D eigenvalue weighted by atomic mass is 10.3. The molecule has 0 atom stereocenters. The van der Waals surface area contributed by atoms with Gasteiger partial charge in [-0.1, -0.05) is 18.2 Å². The van der Waals surface area contributed by atoms with E-state index in [1.807, 2.05) is 30.3 Å². The van der Waals surface area contributed by atoms with Crippen molar-refractivity contribution in [2.24, 2.45) is 0 Å². The van der Waals surface area contributed by atoms with Gasteiger partial charge in [0.2, 0.25) is 0 Å².